The van der Waals surface area contributed by atoms with E-state index in [0.717, 1.165) is 5.56 Å². The third-order valence-electron chi connectivity index (χ3n) is 4.19. The molecule has 1 aromatic heterocycles. The fourth-order valence-electron chi connectivity index (χ4n) is 2.55. The Labute approximate surface area is 176 Å². The van der Waals surface area contributed by atoms with Crippen molar-refractivity contribution in [2.45, 2.75) is 18.4 Å². The minimum Gasteiger partial charge on any atom is -0.497 e. The molecule has 0 atom stereocenters. The van der Waals surface area contributed by atoms with Crippen LogP contribution in [-0.2, 0) is 16.6 Å². The van der Waals surface area contributed by atoms with Crippen molar-refractivity contribution in [2.75, 3.05) is 17.1 Å². The van der Waals surface area contributed by atoms with E-state index in [-0.39, 0.29) is 17.5 Å². The molecule has 30 heavy (non-hydrogen) atoms. The molecule has 0 spiro atoms. The number of carbonyl (C=O) groups excluding carboxylic acids is 1. The number of ether oxygens (including phenoxy) is 1. The molecule has 0 aliphatic rings. The summed E-state index contributed by atoms with van der Waals surface area (Å²) >= 11 is 0. The van der Waals surface area contributed by atoms with E-state index in [0.29, 0.717) is 22.8 Å². The number of nitrogens with one attached hydrogen (secondary N) is 3. The molecule has 3 aromatic rings. The van der Waals surface area contributed by atoms with E-state index in [1.165, 1.54) is 31.4 Å². The van der Waals surface area contributed by atoms with Gasteiger partial charge in [0.2, 0.25) is 0 Å². The van der Waals surface area contributed by atoms with Crippen LogP contribution in [-0.4, -0.2) is 26.5 Å². The Hall–Kier alpha value is -3.59. The van der Waals surface area contributed by atoms with Crippen LogP contribution in [0.4, 0.5) is 16.2 Å². The molecule has 0 aliphatic carbocycles. The predicted octanol–water partition coefficient (Wildman–Crippen LogP) is 3.52. The number of urea groups is 1. The number of carbonyl (C=O) groups is 1. The van der Waals surface area contributed by atoms with E-state index in [2.05, 4.69) is 20.3 Å². The maximum atomic E-state index is 12.7. The summed E-state index contributed by atoms with van der Waals surface area (Å²) in [6.07, 6.45) is 1.55. The number of benzene rings is 2. The first-order valence-electron chi connectivity index (χ1n) is 9.51. The number of nitrogens with zero attached hydrogens (tertiary/aromatic N) is 1. The van der Waals surface area contributed by atoms with E-state index in [4.69, 9.17) is 6.11 Å². The SMILES string of the molecule is [3H]c1cccnc1CNC(=O)Nc1ccc(S(=O)(=O)Nc2cc(OC)ccc2C)cc1. The summed E-state index contributed by atoms with van der Waals surface area (Å²) < 4.78 is 40.8. The monoisotopic (exact) mass is 428 g/mol. The Bertz CT molecular complexity index is 1180. The smallest absolute Gasteiger partial charge is 0.319 e. The zero-order valence-corrected chi connectivity index (χ0v) is 17.3. The lowest BCUT2D eigenvalue weighted by Crippen LogP contribution is -2.28. The first-order chi connectivity index (χ1) is 14.8. The minimum absolute atomic E-state index is 0.0491. The number of aromatic nitrogens is 1. The molecule has 9 heteroatoms. The van der Waals surface area contributed by atoms with Gasteiger partial charge in [0.05, 0.1) is 31.3 Å². The zero-order chi connectivity index (χ0) is 22.4. The molecule has 3 N–H and O–H groups in total. The molecule has 0 saturated carbocycles. The molecule has 8 nitrogen and oxygen atoms in total. The molecule has 2 aromatic carbocycles. The second kappa shape index (κ2) is 9.27. The largest absolute Gasteiger partial charge is 0.497 e. The second-order valence-corrected chi connectivity index (χ2v) is 8.03. The van der Waals surface area contributed by atoms with Crippen molar-refractivity contribution < 1.29 is 19.3 Å². The van der Waals surface area contributed by atoms with Crippen LogP contribution in [0.5, 0.6) is 5.75 Å². The van der Waals surface area contributed by atoms with Gasteiger partial charge in [-0.15, -0.1) is 0 Å². The predicted molar refractivity (Wildman–Crippen MR) is 115 cm³/mol. The van der Waals surface area contributed by atoms with E-state index in [1.807, 2.05) is 0 Å². The van der Waals surface area contributed by atoms with Crippen molar-refractivity contribution in [1.82, 2.24) is 10.3 Å². The first kappa shape index (κ1) is 19.7. The van der Waals surface area contributed by atoms with Gasteiger partial charge in [0.25, 0.3) is 10.0 Å². The van der Waals surface area contributed by atoms with Crippen LogP contribution < -0.4 is 20.1 Å². The Morgan fingerprint density at radius 3 is 2.63 bits per heavy atom. The number of methoxy groups -OCH3 is 1. The van der Waals surface area contributed by atoms with Crippen LogP contribution in [0.3, 0.4) is 0 Å². The summed E-state index contributed by atoms with van der Waals surface area (Å²) in [6.45, 7) is 1.89. The highest BCUT2D eigenvalue weighted by atomic mass is 32.2. The van der Waals surface area contributed by atoms with Gasteiger partial charge in [-0.25, -0.2) is 13.2 Å². The van der Waals surface area contributed by atoms with Gasteiger partial charge in [-0.05, 0) is 54.9 Å². The fraction of sp³-hybridized carbons (Fsp3) is 0.143. The lowest BCUT2D eigenvalue weighted by Gasteiger charge is -2.12. The Balaban J connectivity index is 1.64. The van der Waals surface area contributed by atoms with Crippen molar-refractivity contribution in [2.24, 2.45) is 0 Å². The lowest BCUT2D eigenvalue weighted by atomic mass is 10.2. The Morgan fingerprint density at radius 1 is 1.17 bits per heavy atom. The van der Waals surface area contributed by atoms with Crippen molar-refractivity contribution in [1.29, 1.82) is 0 Å². The number of pyridine rings is 1. The normalized spacial score (nSPS) is 11.3. The highest BCUT2D eigenvalue weighted by molar-refractivity contribution is 7.92. The molecule has 0 unspecified atom stereocenters. The molecule has 156 valence electrons. The van der Waals surface area contributed by atoms with Crippen LogP contribution in [0.25, 0.3) is 0 Å². The molecule has 2 amide bonds. The Morgan fingerprint density at radius 2 is 1.93 bits per heavy atom. The number of rotatable bonds is 7. The van der Waals surface area contributed by atoms with Crippen LogP contribution in [0.2, 0.25) is 0 Å². The van der Waals surface area contributed by atoms with Crippen LogP contribution in [0.1, 0.15) is 12.6 Å². The summed E-state index contributed by atoms with van der Waals surface area (Å²) in [4.78, 5) is 16.1. The van der Waals surface area contributed by atoms with Crippen LogP contribution >= 0.6 is 0 Å². The summed E-state index contributed by atoms with van der Waals surface area (Å²) in [7, 11) is -2.31. The summed E-state index contributed by atoms with van der Waals surface area (Å²) in [5.41, 5.74) is 2.03. The van der Waals surface area contributed by atoms with Crippen LogP contribution in [0, 0.1) is 6.92 Å². The molecule has 0 radical (unpaired) electrons. The highest BCUT2D eigenvalue weighted by Crippen LogP contribution is 2.25. The van der Waals surface area contributed by atoms with E-state index >= 15 is 0 Å². The third kappa shape index (κ3) is 5.48. The number of hydrogen-bond acceptors (Lipinski definition) is 5. The van der Waals surface area contributed by atoms with Crippen molar-refractivity contribution in [3.8, 4) is 5.75 Å². The summed E-state index contributed by atoms with van der Waals surface area (Å²) in [5, 5.41) is 5.22. The maximum Gasteiger partial charge on any atom is 0.319 e. The summed E-state index contributed by atoms with van der Waals surface area (Å²) in [6, 6.07) is 13.9. The maximum absolute atomic E-state index is 12.7. The van der Waals surface area contributed by atoms with Gasteiger partial charge in [-0.2, -0.15) is 0 Å². The second-order valence-electron chi connectivity index (χ2n) is 6.35. The van der Waals surface area contributed by atoms with E-state index in [1.54, 1.807) is 43.5 Å². The zero-order valence-electron chi connectivity index (χ0n) is 17.5. The molecule has 3 rings (SSSR count). The standard InChI is InChI=1S/C21H22N4O4S/c1-15-6-9-18(29-2)13-20(15)25-30(27,28)19-10-7-16(8-11-19)24-21(26)23-14-17-5-3-4-12-22-17/h3-13,25H,14H2,1-2H3,(H2,23,24,26)/i5T. The number of sulfonamides is 1. The molecular formula is C21H22N4O4S. The molecule has 0 bridgehead atoms. The highest BCUT2D eigenvalue weighted by Gasteiger charge is 2.16. The number of aryl methyl sites for hydroxylation is 1. The van der Waals surface area contributed by atoms with E-state index in [9.17, 15) is 13.2 Å². The average molecular weight is 429 g/mol. The minimum atomic E-state index is -3.82. The van der Waals surface area contributed by atoms with Crippen molar-refractivity contribution in [3.63, 3.8) is 0 Å². The van der Waals surface area contributed by atoms with Gasteiger partial charge in [0.15, 0.2) is 0 Å². The lowest BCUT2D eigenvalue weighted by molar-refractivity contribution is 0.251. The average Bonchev–Trinajstić information content (AvgIpc) is 2.75. The quantitative estimate of drug-likeness (QED) is 0.533. The molecule has 0 fully saturated rings. The molecule has 1 heterocycles. The summed E-state index contributed by atoms with van der Waals surface area (Å²) in [5.74, 6) is 0.539. The third-order valence-corrected chi connectivity index (χ3v) is 5.57. The van der Waals surface area contributed by atoms with Gasteiger partial charge in [-0.1, -0.05) is 12.1 Å². The van der Waals surface area contributed by atoms with Gasteiger partial charge in [-0.3, -0.25) is 9.71 Å². The molecule has 0 aliphatic heterocycles. The van der Waals surface area contributed by atoms with Crippen molar-refractivity contribution >= 4 is 27.4 Å². The fourth-order valence-corrected chi connectivity index (χ4v) is 3.67. The van der Waals surface area contributed by atoms with Gasteiger partial charge < -0.3 is 15.4 Å². The van der Waals surface area contributed by atoms with Crippen LogP contribution in [0.15, 0.2) is 71.7 Å². The first-order valence-corrected chi connectivity index (χ1v) is 10.5. The van der Waals surface area contributed by atoms with E-state index < -0.39 is 16.1 Å². The van der Waals surface area contributed by atoms with Crippen molar-refractivity contribution in [3.05, 3.63) is 78.1 Å². The topological polar surface area (TPSA) is 109 Å². The molecular weight excluding hydrogens is 404 g/mol. The van der Waals surface area contributed by atoms with Gasteiger partial charge in [0, 0.05) is 18.0 Å². The number of anilines is 2. The Kier molecular flexibility index (Phi) is 6.09. The van der Waals surface area contributed by atoms with Gasteiger partial charge in [0.1, 0.15) is 5.75 Å². The number of amides is 2. The van der Waals surface area contributed by atoms with Gasteiger partial charge >= 0.3 is 6.03 Å². The number of hydrogen-bond donors (Lipinski definition) is 3. The molecule has 0 saturated heterocycles.